The Morgan fingerprint density at radius 1 is 1.12 bits per heavy atom. The van der Waals surface area contributed by atoms with Gasteiger partial charge in [-0.1, -0.05) is 57.6 Å². The summed E-state index contributed by atoms with van der Waals surface area (Å²) < 4.78 is 18.7. The fourth-order valence-corrected chi connectivity index (χ4v) is 5.02. The maximum atomic E-state index is 13.0. The summed E-state index contributed by atoms with van der Waals surface area (Å²) in [7, 11) is 1.75. The van der Waals surface area contributed by atoms with Gasteiger partial charge in [-0.25, -0.2) is 0 Å². The van der Waals surface area contributed by atoms with Crippen molar-refractivity contribution in [3.05, 3.63) is 24.1 Å². The fraction of sp³-hybridized carbons (Fsp3) is 0.783. The minimum absolute atomic E-state index is 0.278. The lowest BCUT2D eigenvalue weighted by Crippen LogP contribution is -2.36. The van der Waals surface area contributed by atoms with Crippen LogP contribution in [-0.4, -0.2) is 12.7 Å². The van der Waals surface area contributed by atoms with E-state index in [1.807, 2.05) is 6.08 Å². The van der Waals surface area contributed by atoms with Gasteiger partial charge in [-0.15, -0.1) is 0 Å². The van der Waals surface area contributed by atoms with Crippen molar-refractivity contribution < 1.29 is 9.13 Å². The highest BCUT2D eigenvalue weighted by atomic mass is 19.1. The molecular weight excluding hydrogens is 325 g/mol. The minimum Gasteiger partial charge on any atom is -0.374 e. The molecule has 2 rings (SSSR count). The van der Waals surface area contributed by atoms with Crippen molar-refractivity contribution in [2.75, 3.05) is 7.11 Å². The van der Waals surface area contributed by atoms with Crippen LogP contribution in [0.2, 0.25) is 0 Å². The Balaban J connectivity index is 1.78. The molecular formula is C23H36FNO. The first kappa shape index (κ1) is 21.2. The molecule has 3 heteroatoms. The zero-order valence-electron chi connectivity index (χ0n) is 16.7. The second kappa shape index (κ2) is 10.9. The summed E-state index contributed by atoms with van der Waals surface area (Å²) >= 11 is 0. The van der Waals surface area contributed by atoms with Crippen LogP contribution in [0.4, 0.5) is 4.39 Å². The van der Waals surface area contributed by atoms with Crippen LogP contribution in [-0.2, 0) is 4.74 Å². The minimum atomic E-state index is -0.753. The number of nitriles is 1. The SMILES string of the molecule is CCCCC[C@H]1CC[C@H]([C@H]2CC[C@@](C=CC=C(F)C#N)(OC)CC2)CC1. The molecule has 0 heterocycles. The van der Waals surface area contributed by atoms with Crippen LogP contribution in [0, 0.1) is 29.1 Å². The number of halogens is 1. The predicted octanol–water partition coefficient (Wildman–Crippen LogP) is 6.88. The van der Waals surface area contributed by atoms with E-state index in [1.54, 1.807) is 13.2 Å². The number of ether oxygens (including phenoxy) is 1. The molecule has 2 fully saturated rings. The van der Waals surface area contributed by atoms with E-state index in [1.165, 1.54) is 76.4 Å². The molecule has 0 atom stereocenters. The van der Waals surface area contributed by atoms with Gasteiger partial charge in [0.1, 0.15) is 6.07 Å². The average Bonchev–Trinajstić information content (AvgIpc) is 2.69. The lowest BCUT2D eigenvalue weighted by molar-refractivity contribution is -0.0201. The molecule has 0 amide bonds. The molecule has 0 aromatic rings. The van der Waals surface area contributed by atoms with Gasteiger partial charge >= 0.3 is 0 Å². The van der Waals surface area contributed by atoms with E-state index in [0.29, 0.717) is 0 Å². The number of rotatable bonds is 8. The van der Waals surface area contributed by atoms with Gasteiger partial charge in [-0.3, -0.25) is 0 Å². The quantitative estimate of drug-likeness (QED) is 0.268. The van der Waals surface area contributed by atoms with Crippen molar-refractivity contribution in [3.8, 4) is 6.07 Å². The van der Waals surface area contributed by atoms with Crippen LogP contribution < -0.4 is 0 Å². The van der Waals surface area contributed by atoms with Gasteiger partial charge in [0, 0.05) is 7.11 Å². The van der Waals surface area contributed by atoms with Crippen molar-refractivity contribution >= 4 is 0 Å². The second-order valence-corrected chi connectivity index (χ2v) is 8.37. The molecule has 0 bridgehead atoms. The van der Waals surface area contributed by atoms with Crippen molar-refractivity contribution in [2.24, 2.45) is 17.8 Å². The maximum absolute atomic E-state index is 13.0. The van der Waals surface area contributed by atoms with E-state index in [4.69, 9.17) is 10.00 Å². The molecule has 2 aliphatic rings. The zero-order valence-corrected chi connectivity index (χ0v) is 16.7. The summed E-state index contributed by atoms with van der Waals surface area (Å²) in [6, 6.07) is 1.51. The fourth-order valence-electron chi connectivity index (χ4n) is 5.02. The summed E-state index contributed by atoms with van der Waals surface area (Å²) in [5.74, 6) is 1.95. The Morgan fingerprint density at radius 2 is 1.77 bits per heavy atom. The number of hydrogen-bond acceptors (Lipinski definition) is 2. The number of unbranched alkanes of at least 4 members (excludes halogenated alkanes) is 2. The summed E-state index contributed by atoms with van der Waals surface area (Å²) in [4.78, 5) is 0. The van der Waals surface area contributed by atoms with Crippen LogP contribution >= 0.6 is 0 Å². The first-order valence-electron chi connectivity index (χ1n) is 10.6. The molecule has 2 aliphatic carbocycles. The van der Waals surface area contributed by atoms with Gasteiger partial charge in [0.2, 0.25) is 0 Å². The zero-order chi connectivity index (χ0) is 18.8. The lowest BCUT2D eigenvalue weighted by Gasteiger charge is -2.42. The Bertz CT molecular complexity index is 503. The third kappa shape index (κ3) is 6.23. The van der Waals surface area contributed by atoms with Crippen LogP contribution in [0.5, 0.6) is 0 Å². The van der Waals surface area contributed by atoms with Crippen molar-refractivity contribution in [1.29, 1.82) is 5.26 Å². The molecule has 0 radical (unpaired) electrons. The Kier molecular flexibility index (Phi) is 8.85. The summed E-state index contributed by atoms with van der Waals surface area (Å²) in [6.45, 7) is 2.28. The van der Waals surface area contributed by atoms with E-state index in [2.05, 4.69) is 6.92 Å². The summed E-state index contributed by atoms with van der Waals surface area (Å²) in [5, 5.41) is 8.49. The van der Waals surface area contributed by atoms with Gasteiger partial charge in [0.25, 0.3) is 0 Å². The van der Waals surface area contributed by atoms with Crippen molar-refractivity contribution in [2.45, 2.75) is 89.6 Å². The molecule has 2 nitrogen and oxygen atoms in total. The Morgan fingerprint density at radius 3 is 2.35 bits per heavy atom. The van der Waals surface area contributed by atoms with E-state index >= 15 is 0 Å². The molecule has 0 aliphatic heterocycles. The average molecular weight is 362 g/mol. The third-order valence-corrected chi connectivity index (χ3v) is 6.81. The standard InChI is InChI=1S/C23H36FNO/c1-3-4-5-7-19-9-11-20(12-10-19)21-13-16-23(26-2,17-14-21)15-6-8-22(24)18-25/h6,8,15,19-21H,3-5,7,9-14,16-17H2,1-2H3/t19-,20-,21-,23+. The summed E-state index contributed by atoms with van der Waals surface area (Å²) in [5.41, 5.74) is -0.278. The largest absolute Gasteiger partial charge is 0.374 e. The van der Waals surface area contributed by atoms with E-state index in [-0.39, 0.29) is 5.60 Å². The predicted molar refractivity (Wildman–Crippen MR) is 105 cm³/mol. The molecule has 0 saturated heterocycles. The molecule has 0 N–H and O–H groups in total. The van der Waals surface area contributed by atoms with E-state index in [0.717, 1.165) is 30.6 Å². The normalized spacial score (nSPS) is 33.3. The maximum Gasteiger partial charge on any atom is 0.199 e. The molecule has 0 aromatic carbocycles. The van der Waals surface area contributed by atoms with Crippen LogP contribution in [0.3, 0.4) is 0 Å². The monoisotopic (exact) mass is 361 g/mol. The van der Waals surface area contributed by atoms with Gasteiger partial charge in [-0.05, 0) is 62.4 Å². The smallest absolute Gasteiger partial charge is 0.199 e. The van der Waals surface area contributed by atoms with Crippen LogP contribution in [0.1, 0.15) is 84.0 Å². The molecule has 0 spiro atoms. The van der Waals surface area contributed by atoms with Crippen molar-refractivity contribution in [1.82, 2.24) is 0 Å². The molecule has 0 unspecified atom stereocenters. The van der Waals surface area contributed by atoms with E-state index < -0.39 is 5.83 Å². The first-order chi connectivity index (χ1) is 12.6. The van der Waals surface area contributed by atoms with Crippen LogP contribution in [0.15, 0.2) is 24.1 Å². The Hall–Kier alpha value is -1.14. The highest BCUT2D eigenvalue weighted by Crippen LogP contribution is 2.44. The van der Waals surface area contributed by atoms with Gasteiger partial charge < -0.3 is 4.74 Å². The van der Waals surface area contributed by atoms with Crippen molar-refractivity contribution in [3.63, 3.8) is 0 Å². The first-order valence-corrected chi connectivity index (χ1v) is 10.6. The second-order valence-electron chi connectivity index (χ2n) is 8.37. The third-order valence-electron chi connectivity index (χ3n) is 6.81. The van der Waals surface area contributed by atoms with Gasteiger partial charge in [0.15, 0.2) is 5.83 Å². The van der Waals surface area contributed by atoms with Gasteiger partial charge in [-0.2, -0.15) is 9.65 Å². The Labute approximate surface area is 159 Å². The number of methoxy groups -OCH3 is 1. The molecule has 0 aromatic heterocycles. The molecule has 146 valence electrons. The number of hydrogen-bond donors (Lipinski definition) is 0. The molecule has 2 saturated carbocycles. The highest BCUT2D eigenvalue weighted by molar-refractivity contribution is 5.21. The topological polar surface area (TPSA) is 33.0 Å². The van der Waals surface area contributed by atoms with Crippen LogP contribution in [0.25, 0.3) is 0 Å². The van der Waals surface area contributed by atoms with Gasteiger partial charge in [0.05, 0.1) is 5.60 Å². The highest BCUT2D eigenvalue weighted by Gasteiger charge is 2.36. The number of allylic oxidation sites excluding steroid dienone is 3. The lowest BCUT2D eigenvalue weighted by atomic mass is 9.67. The van der Waals surface area contributed by atoms with E-state index in [9.17, 15) is 4.39 Å². The summed E-state index contributed by atoms with van der Waals surface area (Å²) in [6.07, 6.45) is 20.5. The number of nitrogens with zero attached hydrogens (tertiary/aromatic N) is 1. The molecule has 26 heavy (non-hydrogen) atoms.